The lowest BCUT2D eigenvalue weighted by molar-refractivity contribution is -0.132. The van der Waals surface area contributed by atoms with E-state index in [4.69, 9.17) is 14.4 Å². The number of carbonyl (C=O) groups is 1. The van der Waals surface area contributed by atoms with E-state index < -0.39 is 18.6 Å². The first-order chi connectivity index (χ1) is 14.7. The van der Waals surface area contributed by atoms with E-state index in [2.05, 4.69) is 10.3 Å². The van der Waals surface area contributed by atoms with Gasteiger partial charge in [-0.15, -0.1) is 0 Å². The molecule has 0 radical (unpaired) electrons. The number of hydrogen-bond donors (Lipinski definition) is 0. The molecule has 2 aromatic carbocycles. The quantitative estimate of drug-likeness (QED) is 0.346. The SMILES string of the molecule is CO/N=C(/C(=O)OC)c1cccc(C)c1CO/N=C(\C)c1ccccc1CC(F)(F)F. The number of alkyl halides is 3. The Kier molecular flexibility index (Phi) is 8.18. The third kappa shape index (κ3) is 6.56. The number of ether oxygens (including phenoxy) is 1. The molecule has 0 aliphatic rings. The van der Waals surface area contributed by atoms with E-state index in [1.807, 2.05) is 13.0 Å². The molecule has 0 saturated heterocycles. The maximum Gasteiger partial charge on any atom is 0.393 e. The maximum absolute atomic E-state index is 12.8. The van der Waals surface area contributed by atoms with Gasteiger partial charge in [0, 0.05) is 16.7 Å². The average molecular weight is 436 g/mol. The Labute approximate surface area is 178 Å². The number of carbonyl (C=O) groups excluding carboxylic acids is 1. The molecule has 0 N–H and O–H groups in total. The van der Waals surface area contributed by atoms with Crippen molar-refractivity contribution in [3.8, 4) is 0 Å². The summed E-state index contributed by atoms with van der Waals surface area (Å²) in [5.74, 6) is -0.686. The average Bonchev–Trinajstić information content (AvgIpc) is 2.72. The molecule has 0 atom stereocenters. The smallest absolute Gasteiger partial charge is 0.393 e. The third-order valence-electron chi connectivity index (χ3n) is 4.44. The van der Waals surface area contributed by atoms with Gasteiger partial charge in [0.1, 0.15) is 13.7 Å². The highest BCUT2D eigenvalue weighted by Gasteiger charge is 2.29. The van der Waals surface area contributed by atoms with Crippen LogP contribution in [0.25, 0.3) is 0 Å². The molecule has 166 valence electrons. The number of hydrogen-bond acceptors (Lipinski definition) is 6. The Morgan fingerprint density at radius 3 is 2.32 bits per heavy atom. The zero-order valence-electron chi connectivity index (χ0n) is 17.6. The molecule has 9 heteroatoms. The molecule has 0 amide bonds. The molecule has 0 aliphatic carbocycles. The first-order valence-corrected chi connectivity index (χ1v) is 9.27. The molecule has 2 rings (SSSR count). The summed E-state index contributed by atoms with van der Waals surface area (Å²) in [6, 6.07) is 11.4. The van der Waals surface area contributed by atoms with Crippen LogP contribution in [0.4, 0.5) is 13.2 Å². The van der Waals surface area contributed by atoms with Crippen molar-refractivity contribution in [2.75, 3.05) is 14.2 Å². The van der Waals surface area contributed by atoms with E-state index in [9.17, 15) is 18.0 Å². The fraction of sp³-hybridized carbons (Fsp3) is 0.318. The molecule has 6 nitrogen and oxygen atoms in total. The van der Waals surface area contributed by atoms with E-state index in [1.54, 1.807) is 37.3 Å². The summed E-state index contributed by atoms with van der Waals surface area (Å²) in [6.45, 7) is 3.35. The molecular weight excluding hydrogens is 413 g/mol. The molecule has 0 saturated carbocycles. The first kappa shape index (κ1) is 23.9. The van der Waals surface area contributed by atoms with Gasteiger partial charge in [0.15, 0.2) is 5.71 Å². The molecule has 0 aromatic heterocycles. The van der Waals surface area contributed by atoms with E-state index in [-0.39, 0.29) is 17.9 Å². The predicted octanol–water partition coefficient (Wildman–Crippen LogP) is 4.56. The third-order valence-corrected chi connectivity index (χ3v) is 4.44. The molecule has 0 unspecified atom stereocenters. The number of oxime groups is 2. The van der Waals surface area contributed by atoms with Crippen LogP contribution in [-0.2, 0) is 32.2 Å². The van der Waals surface area contributed by atoms with Crippen LogP contribution in [0.5, 0.6) is 0 Å². The summed E-state index contributed by atoms with van der Waals surface area (Å²) in [5.41, 5.74) is 2.58. The van der Waals surface area contributed by atoms with Gasteiger partial charge in [-0.25, -0.2) is 4.79 Å². The van der Waals surface area contributed by atoms with Gasteiger partial charge in [-0.1, -0.05) is 52.8 Å². The summed E-state index contributed by atoms with van der Waals surface area (Å²) < 4.78 is 43.3. The highest BCUT2D eigenvalue weighted by molar-refractivity contribution is 6.43. The molecule has 0 bridgehead atoms. The Bertz CT molecular complexity index is 985. The van der Waals surface area contributed by atoms with E-state index in [1.165, 1.54) is 20.3 Å². The van der Waals surface area contributed by atoms with Gasteiger partial charge in [0.05, 0.1) is 19.2 Å². The van der Waals surface area contributed by atoms with Crippen molar-refractivity contribution < 1.29 is 32.4 Å². The maximum atomic E-state index is 12.8. The van der Waals surface area contributed by atoms with Crippen molar-refractivity contribution in [3.63, 3.8) is 0 Å². The first-order valence-electron chi connectivity index (χ1n) is 9.27. The fourth-order valence-electron chi connectivity index (χ4n) is 2.99. The van der Waals surface area contributed by atoms with E-state index >= 15 is 0 Å². The van der Waals surface area contributed by atoms with Gasteiger partial charge in [-0.2, -0.15) is 13.2 Å². The second-order valence-electron chi connectivity index (χ2n) is 6.61. The number of benzene rings is 2. The molecule has 2 aromatic rings. The van der Waals surface area contributed by atoms with Crippen molar-refractivity contribution in [3.05, 3.63) is 70.3 Å². The minimum absolute atomic E-state index is 0.0384. The van der Waals surface area contributed by atoms with Gasteiger partial charge < -0.3 is 14.4 Å². The van der Waals surface area contributed by atoms with Gasteiger partial charge in [0.25, 0.3) is 0 Å². The van der Waals surface area contributed by atoms with E-state index in [0.717, 1.165) is 5.56 Å². The second kappa shape index (κ2) is 10.6. The highest BCUT2D eigenvalue weighted by atomic mass is 19.4. The number of aryl methyl sites for hydroxylation is 1. The summed E-state index contributed by atoms with van der Waals surface area (Å²) in [5, 5.41) is 7.74. The molecule has 0 fully saturated rings. The Morgan fingerprint density at radius 1 is 1.00 bits per heavy atom. The van der Waals surface area contributed by atoms with Gasteiger partial charge in [-0.05, 0) is 25.0 Å². The fourth-order valence-corrected chi connectivity index (χ4v) is 2.99. The summed E-state index contributed by atoms with van der Waals surface area (Å²) in [7, 11) is 2.53. The Balaban J connectivity index is 2.30. The lowest BCUT2D eigenvalue weighted by atomic mass is 9.99. The topological polar surface area (TPSA) is 69.5 Å². The van der Waals surface area contributed by atoms with Gasteiger partial charge >= 0.3 is 12.1 Å². The van der Waals surface area contributed by atoms with Crippen molar-refractivity contribution in [1.82, 2.24) is 0 Å². The number of esters is 1. The zero-order chi connectivity index (χ0) is 23.0. The van der Waals surface area contributed by atoms with Crippen LogP contribution >= 0.6 is 0 Å². The number of methoxy groups -OCH3 is 1. The van der Waals surface area contributed by atoms with Crippen molar-refractivity contribution >= 4 is 17.4 Å². The zero-order valence-corrected chi connectivity index (χ0v) is 17.6. The standard InChI is InChI=1S/C22H23F3N2O4/c1-14-8-7-11-18(20(27-30-4)21(28)29-3)19(14)13-31-26-15(2)17-10-6-5-9-16(17)12-22(23,24)25/h5-11H,12-13H2,1-4H3/b26-15+,27-20+. The minimum Gasteiger partial charge on any atom is -0.464 e. The number of nitrogens with zero attached hydrogens (tertiary/aromatic N) is 2. The summed E-state index contributed by atoms with van der Waals surface area (Å²) >= 11 is 0. The second-order valence-corrected chi connectivity index (χ2v) is 6.61. The minimum atomic E-state index is -4.34. The van der Waals surface area contributed by atoms with Crippen molar-refractivity contribution in [2.24, 2.45) is 10.3 Å². The Hall–Kier alpha value is -3.36. The van der Waals surface area contributed by atoms with Crippen LogP contribution < -0.4 is 0 Å². The number of halogens is 3. The largest absolute Gasteiger partial charge is 0.464 e. The van der Waals surface area contributed by atoms with Crippen molar-refractivity contribution in [2.45, 2.75) is 33.1 Å². The molecular formula is C22H23F3N2O4. The molecule has 0 heterocycles. The lowest BCUT2D eigenvalue weighted by Crippen LogP contribution is -2.20. The summed E-state index contributed by atoms with van der Waals surface area (Å²) in [6.07, 6.45) is -5.40. The van der Waals surface area contributed by atoms with Crippen LogP contribution in [0.15, 0.2) is 52.8 Å². The van der Waals surface area contributed by atoms with Gasteiger partial charge in [0.2, 0.25) is 0 Å². The molecule has 0 spiro atoms. The van der Waals surface area contributed by atoms with Crippen LogP contribution in [0.3, 0.4) is 0 Å². The predicted molar refractivity (Wildman–Crippen MR) is 110 cm³/mol. The van der Waals surface area contributed by atoms with Crippen LogP contribution in [-0.4, -0.2) is 37.8 Å². The lowest BCUT2D eigenvalue weighted by Gasteiger charge is -2.13. The normalized spacial score (nSPS) is 12.5. The van der Waals surface area contributed by atoms with Gasteiger partial charge in [-0.3, -0.25) is 0 Å². The highest BCUT2D eigenvalue weighted by Crippen LogP contribution is 2.24. The van der Waals surface area contributed by atoms with Crippen LogP contribution in [0.2, 0.25) is 0 Å². The molecule has 31 heavy (non-hydrogen) atoms. The summed E-state index contributed by atoms with van der Waals surface area (Å²) in [4.78, 5) is 22.3. The van der Waals surface area contributed by atoms with Crippen molar-refractivity contribution in [1.29, 1.82) is 0 Å². The van der Waals surface area contributed by atoms with Crippen LogP contribution in [0.1, 0.15) is 34.7 Å². The number of rotatable bonds is 8. The van der Waals surface area contributed by atoms with E-state index in [0.29, 0.717) is 22.4 Å². The molecule has 0 aliphatic heterocycles. The van der Waals surface area contributed by atoms with Crippen LogP contribution in [0, 0.1) is 6.92 Å². The monoisotopic (exact) mass is 436 g/mol. The Morgan fingerprint density at radius 2 is 1.68 bits per heavy atom.